The minimum Gasteiger partial charge on any atom is -0.496 e. The first-order valence-corrected chi connectivity index (χ1v) is 7.94. The molecule has 0 bridgehead atoms. The van der Waals surface area contributed by atoms with Crippen LogP contribution >= 0.6 is 34.8 Å². The zero-order valence-corrected chi connectivity index (χ0v) is 15.2. The lowest BCUT2D eigenvalue weighted by Gasteiger charge is -2.10. The van der Waals surface area contributed by atoms with E-state index < -0.39 is 0 Å². The van der Waals surface area contributed by atoms with Crippen LogP contribution < -0.4 is 14.8 Å². The summed E-state index contributed by atoms with van der Waals surface area (Å²) in [7, 11) is 3.09. The van der Waals surface area contributed by atoms with Gasteiger partial charge in [-0.1, -0.05) is 40.9 Å². The maximum absolute atomic E-state index is 12.1. The molecule has 0 atom stereocenters. The number of methoxy groups -OCH3 is 2. The lowest BCUT2D eigenvalue weighted by Crippen LogP contribution is -2.08. The Hall–Kier alpha value is -1.88. The summed E-state index contributed by atoms with van der Waals surface area (Å²) in [5.41, 5.74) is 1.02. The molecule has 0 heterocycles. The maximum atomic E-state index is 12.1. The largest absolute Gasteiger partial charge is 0.496 e. The fourth-order valence-electron chi connectivity index (χ4n) is 2.00. The van der Waals surface area contributed by atoms with Crippen LogP contribution in [0, 0.1) is 0 Å². The normalized spacial score (nSPS) is 10.7. The van der Waals surface area contributed by atoms with Gasteiger partial charge < -0.3 is 14.8 Å². The van der Waals surface area contributed by atoms with Gasteiger partial charge in [0.2, 0.25) is 5.91 Å². The highest BCUT2D eigenvalue weighted by molar-refractivity contribution is 6.44. The van der Waals surface area contributed by atoms with Crippen LogP contribution in [0.15, 0.2) is 36.4 Å². The quantitative estimate of drug-likeness (QED) is 0.559. The van der Waals surface area contributed by atoms with E-state index in [0.717, 1.165) is 0 Å². The van der Waals surface area contributed by atoms with E-state index in [4.69, 9.17) is 44.3 Å². The van der Waals surface area contributed by atoms with Crippen LogP contribution in [0.3, 0.4) is 0 Å². The number of halogens is 3. The van der Waals surface area contributed by atoms with Crippen LogP contribution in [0.4, 0.5) is 5.69 Å². The maximum Gasteiger partial charge on any atom is 0.248 e. The summed E-state index contributed by atoms with van der Waals surface area (Å²) in [6.07, 6.45) is 2.94. The number of hydrogen-bond acceptors (Lipinski definition) is 3. The molecule has 24 heavy (non-hydrogen) atoms. The first-order chi connectivity index (χ1) is 11.5. The highest BCUT2D eigenvalue weighted by Gasteiger charge is 2.10. The van der Waals surface area contributed by atoms with Crippen molar-refractivity contribution in [1.82, 2.24) is 0 Å². The Morgan fingerprint density at radius 1 is 1.00 bits per heavy atom. The number of amides is 1. The van der Waals surface area contributed by atoms with Crippen LogP contribution in [0.2, 0.25) is 15.1 Å². The molecule has 0 radical (unpaired) electrons. The van der Waals surface area contributed by atoms with Gasteiger partial charge in [-0.3, -0.25) is 4.79 Å². The molecule has 1 N–H and O–H groups in total. The second-order valence-electron chi connectivity index (χ2n) is 4.64. The smallest absolute Gasteiger partial charge is 0.248 e. The molecule has 4 nitrogen and oxygen atoms in total. The van der Waals surface area contributed by atoms with Gasteiger partial charge in [0.1, 0.15) is 11.5 Å². The van der Waals surface area contributed by atoms with Crippen molar-refractivity contribution in [1.29, 1.82) is 0 Å². The first-order valence-electron chi connectivity index (χ1n) is 6.81. The second-order valence-corrected chi connectivity index (χ2v) is 5.87. The molecule has 0 spiro atoms. The van der Waals surface area contributed by atoms with E-state index in [9.17, 15) is 4.79 Å². The van der Waals surface area contributed by atoms with Gasteiger partial charge in [-0.25, -0.2) is 0 Å². The van der Waals surface area contributed by atoms with Gasteiger partial charge in [-0.05, 0) is 30.3 Å². The minimum atomic E-state index is -0.386. The summed E-state index contributed by atoms with van der Waals surface area (Å²) in [6.45, 7) is 0. The summed E-state index contributed by atoms with van der Waals surface area (Å²) in [5, 5.41) is 3.55. The fraction of sp³-hybridized carbons (Fsp3) is 0.118. The van der Waals surface area contributed by atoms with Crippen LogP contribution in [-0.2, 0) is 4.79 Å². The Morgan fingerprint density at radius 3 is 2.17 bits per heavy atom. The van der Waals surface area contributed by atoms with Gasteiger partial charge in [0.05, 0.1) is 40.5 Å². The van der Waals surface area contributed by atoms with Crippen molar-refractivity contribution in [3.8, 4) is 11.5 Å². The van der Waals surface area contributed by atoms with Gasteiger partial charge in [-0.15, -0.1) is 0 Å². The van der Waals surface area contributed by atoms with Crippen LogP contribution in [-0.4, -0.2) is 20.1 Å². The van der Waals surface area contributed by atoms with E-state index in [2.05, 4.69) is 5.32 Å². The standard InChI is InChI=1S/C17H14Cl3NO3/c1-23-15-4-3-5-16(24-2)10(15)6-7-17(22)21-14-9-12(19)11(18)8-13(14)20/h3-9H,1-2H3,(H,21,22). The molecule has 0 saturated heterocycles. The van der Waals surface area contributed by atoms with Gasteiger partial charge in [0, 0.05) is 6.08 Å². The number of carbonyl (C=O) groups excluding carboxylic acids is 1. The van der Waals surface area contributed by atoms with Gasteiger partial charge in [0.25, 0.3) is 0 Å². The summed E-state index contributed by atoms with van der Waals surface area (Å²) >= 11 is 17.8. The van der Waals surface area contributed by atoms with Gasteiger partial charge >= 0.3 is 0 Å². The van der Waals surface area contributed by atoms with E-state index in [1.165, 1.54) is 18.2 Å². The molecule has 0 aliphatic heterocycles. The molecule has 0 aromatic heterocycles. The molecule has 1 amide bonds. The predicted octanol–water partition coefficient (Wildman–Crippen LogP) is 5.32. The zero-order chi connectivity index (χ0) is 17.7. The van der Waals surface area contributed by atoms with Gasteiger partial charge in [0.15, 0.2) is 0 Å². The first kappa shape index (κ1) is 18.5. The Labute approximate surface area is 154 Å². The lowest BCUT2D eigenvalue weighted by atomic mass is 10.1. The summed E-state index contributed by atoms with van der Waals surface area (Å²) in [6, 6.07) is 8.30. The molecule has 7 heteroatoms. The summed E-state index contributed by atoms with van der Waals surface area (Å²) in [4.78, 5) is 12.1. The Bertz CT molecular complexity index is 769. The molecule has 0 aliphatic carbocycles. The molecule has 2 aromatic rings. The molecular formula is C17H14Cl3NO3. The number of rotatable bonds is 5. The van der Waals surface area contributed by atoms with Crippen molar-refractivity contribution < 1.29 is 14.3 Å². The molecular weight excluding hydrogens is 373 g/mol. The highest BCUT2D eigenvalue weighted by atomic mass is 35.5. The van der Waals surface area contributed by atoms with Crippen LogP contribution in [0.5, 0.6) is 11.5 Å². The third-order valence-electron chi connectivity index (χ3n) is 3.14. The Kier molecular flexibility index (Phi) is 6.37. The van der Waals surface area contributed by atoms with Crippen molar-refractivity contribution >= 4 is 52.5 Å². The zero-order valence-electron chi connectivity index (χ0n) is 12.9. The van der Waals surface area contributed by atoms with Crippen molar-refractivity contribution in [2.24, 2.45) is 0 Å². The molecule has 126 valence electrons. The van der Waals surface area contributed by atoms with Crippen molar-refractivity contribution in [2.45, 2.75) is 0 Å². The number of ether oxygens (including phenoxy) is 2. The number of anilines is 1. The van der Waals surface area contributed by atoms with E-state index in [0.29, 0.717) is 37.8 Å². The average Bonchev–Trinajstić information content (AvgIpc) is 2.57. The van der Waals surface area contributed by atoms with Crippen LogP contribution in [0.25, 0.3) is 6.08 Å². The molecule has 0 unspecified atom stereocenters. The Balaban J connectivity index is 2.22. The molecule has 2 aromatic carbocycles. The van der Waals surface area contributed by atoms with Crippen molar-refractivity contribution in [3.05, 3.63) is 57.0 Å². The van der Waals surface area contributed by atoms with E-state index in [1.807, 2.05) is 0 Å². The summed E-state index contributed by atoms with van der Waals surface area (Å²) < 4.78 is 10.5. The topological polar surface area (TPSA) is 47.6 Å². The third kappa shape index (κ3) is 4.35. The third-order valence-corrected chi connectivity index (χ3v) is 4.17. The van der Waals surface area contributed by atoms with E-state index in [1.54, 1.807) is 38.5 Å². The number of carbonyl (C=O) groups is 1. The van der Waals surface area contributed by atoms with Gasteiger partial charge in [-0.2, -0.15) is 0 Å². The molecule has 0 fully saturated rings. The highest BCUT2D eigenvalue weighted by Crippen LogP contribution is 2.32. The number of hydrogen-bond donors (Lipinski definition) is 1. The monoisotopic (exact) mass is 385 g/mol. The van der Waals surface area contributed by atoms with Crippen molar-refractivity contribution in [2.75, 3.05) is 19.5 Å². The number of benzene rings is 2. The molecule has 0 saturated carbocycles. The van der Waals surface area contributed by atoms with E-state index in [-0.39, 0.29) is 5.91 Å². The van der Waals surface area contributed by atoms with E-state index >= 15 is 0 Å². The number of nitrogens with one attached hydrogen (secondary N) is 1. The minimum absolute atomic E-state index is 0.293. The molecule has 2 rings (SSSR count). The second kappa shape index (κ2) is 8.29. The van der Waals surface area contributed by atoms with Crippen molar-refractivity contribution in [3.63, 3.8) is 0 Å². The SMILES string of the molecule is COc1cccc(OC)c1C=CC(=O)Nc1cc(Cl)c(Cl)cc1Cl. The lowest BCUT2D eigenvalue weighted by molar-refractivity contribution is -0.111. The predicted molar refractivity (Wildman–Crippen MR) is 98.7 cm³/mol. The van der Waals surface area contributed by atoms with Crippen LogP contribution in [0.1, 0.15) is 5.56 Å². The Morgan fingerprint density at radius 2 is 1.58 bits per heavy atom. The molecule has 0 aliphatic rings. The average molecular weight is 387 g/mol. The fourth-order valence-corrected chi connectivity index (χ4v) is 2.59. The summed E-state index contributed by atoms with van der Waals surface area (Å²) in [5.74, 6) is 0.792.